The Labute approximate surface area is 52.7 Å². The molecular formula is C5H8N2O2. The quantitative estimate of drug-likeness (QED) is 0.537. The van der Waals surface area contributed by atoms with Gasteiger partial charge in [-0.15, -0.1) is 0 Å². The minimum atomic E-state index is -0.728. The molecular weight excluding hydrogens is 120 g/mol. The van der Waals surface area contributed by atoms with Crippen LogP contribution in [0.5, 0.6) is 0 Å². The lowest BCUT2D eigenvalue weighted by atomic mass is 10.3. The molecule has 0 fully saturated rings. The van der Waals surface area contributed by atoms with Gasteiger partial charge in [0.1, 0.15) is 6.10 Å². The van der Waals surface area contributed by atoms with Crippen molar-refractivity contribution < 1.29 is 9.53 Å². The number of nitrogens with two attached hydrogens (primary N) is 1. The number of carbonyl (C=O) groups excluding carboxylic acids is 1. The minimum absolute atomic E-state index is 0.178. The van der Waals surface area contributed by atoms with Gasteiger partial charge in [0.05, 0.1) is 0 Å². The Kier molecular flexibility index (Phi) is 1.67. The Balaban J connectivity index is 2.28. The second-order valence-electron chi connectivity index (χ2n) is 1.82. The van der Waals surface area contributed by atoms with Crippen molar-refractivity contribution in [1.82, 2.24) is 0 Å². The van der Waals surface area contributed by atoms with Gasteiger partial charge in [-0.3, -0.25) is 4.99 Å². The summed E-state index contributed by atoms with van der Waals surface area (Å²) < 4.78 is 4.60. The van der Waals surface area contributed by atoms with Crippen molar-refractivity contribution in [3.8, 4) is 0 Å². The number of aliphatic imine (C=N–C) groups is 1. The average Bonchev–Trinajstić information content (AvgIpc) is 2.15. The van der Waals surface area contributed by atoms with Gasteiger partial charge in [0.25, 0.3) is 0 Å². The summed E-state index contributed by atoms with van der Waals surface area (Å²) in [6.45, 7) is 0.734. The molecule has 1 atom stereocenters. The van der Waals surface area contributed by atoms with E-state index in [0.29, 0.717) is 0 Å². The van der Waals surface area contributed by atoms with E-state index in [9.17, 15) is 4.79 Å². The first-order valence-electron chi connectivity index (χ1n) is 2.75. The lowest BCUT2D eigenvalue weighted by molar-refractivity contribution is 0.139. The zero-order valence-corrected chi connectivity index (χ0v) is 4.91. The third kappa shape index (κ3) is 1.71. The highest BCUT2D eigenvalue weighted by Gasteiger charge is 2.12. The average molecular weight is 128 g/mol. The number of carbonyl (C=O) groups is 1. The molecule has 0 bridgehead atoms. The summed E-state index contributed by atoms with van der Waals surface area (Å²) in [5, 5.41) is 0. The van der Waals surface area contributed by atoms with E-state index in [-0.39, 0.29) is 6.10 Å². The van der Waals surface area contributed by atoms with Crippen molar-refractivity contribution >= 4 is 12.3 Å². The summed E-state index contributed by atoms with van der Waals surface area (Å²) in [6, 6.07) is 0. The van der Waals surface area contributed by atoms with Gasteiger partial charge in [-0.1, -0.05) is 0 Å². The molecule has 0 aliphatic carbocycles. The summed E-state index contributed by atoms with van der Waals surface area (Å²) >= 11 is 0. The molecule has 50 valence electrons. The van der Waals surface area contributed by atoms with Crippen LogP contribution in [0.4, 0.5) is 4.79 Å². The predicted octanol–water partition coefficient (Wildman–Crippen LogP) is -0.0752. The smallest absolute Gasteiger partial charge is 0.405 e. The van der Waals surface area contributed by atoms with Gasteiger partial charge in [-0.25, -0.2) is 4.79 Å². The fourth-order valence-electron chi connectivity index (χ4n) is 0.707. The number of nitrogens with zero attached hydrogens (tertiary/aromatic N) is 1. The zero-order chi connectivity index (χ0) is 6.69. The fraction of sp³-hybridized carbons (Fsp3) is 0.600. The van der Waals surface area contributed by atoms with Gasteiger partial charge in [-0.05, 0) is 0 Å². The van der Waals surface area contributed by atoms with Crippen LogP contribution in [0.2, 0.25) is 0 Å². The molecule has 0 aromatic heterocycles. The van der Waals surface area contributed by atoms with E-state index in [4.69, 9.17) is 5.73 Å². The lowest BCUT2D eigenvalue weighted by Crippen LogP contribution is -2.21. The first kappa shape index (κ1) is 6.07. The van der Waals surface area contributed by atoms with E-state index < -0.39 is 6.09 Å². The summed E-state index contributed by atoms with van der Waals surface area (Å²) in [4.78, 5) is 14.0. The topological polar surface area (TPSA) is 64.7 Å². The van der Waals surface area contributed by atoms with E-state index in [1.54, 1.807) is 6.21 Å². The molecule has 1 amide bonds. The molecule has 4 heteroatoms. The number of ether oxygens (including phenoxy) is 1. The van der Waals surface area contributed by atoms with Gasteiger partial charge in [0, 0.05) is 19.2 Å². The Bertz CT molecular complexity index is 144. The molecule has 0 radical (unpaired) electrons. The van der Waals surface area contributed by atoms with Gasteiger partial charge in [0.15, 0.2) is 0 Å². The number of rotatable bonds is 1. The first-order chi connectivity index (χ1) is 4.29. The van der Waals surface area contributed by atoms with Gasteiger partial charge in [0.2, 0.25) is 0 Å². The predicted molar refractivity (Wildman–Crippen MR) is 32.4 cm³/mol. The number of amides is 1. The molecule has 1 unspecified atom stereocenters. The molecule has 2 N–H and O–H groups in total. The highest BCUT2D eigenvalue weighted by Crippen LogP contribution is 2.01. The van der Waals surface area contributed by atoms with Crippen molar-refractivity contribution in [2.75, 3.05) is 6.54 Å². The van der Waals surface area contributed by atoms with Crippen LogP contribution in [0.3, 0.4) is 0 Å². The van der Waals surface area contributed by atoms with Gasteiger partial charge in [-0.2, -0.15) is 0 Å². The van der Waals surface area contributed by atoms with Gasteiger partial charge >= 0.3 is 6.09 Å². The monoisotopic (exact) mass is 128 g/mol. The number of hydrogen-bond donors (Lipinski definition) is 1. The van der Waals surface area contributed by atoms with E-state index in [0.717, 1.165) is 13.0 Å². The molecule has 1 rings (SSSR count). The molecule has 0 saturated heterocycles. The van der Waals surface area contributed by atoms with Gasteiger partial charge < -0.3 is 10.5 Å². The van der Waals surface area contributed by atoms with E-state index in [1.807, 2.05) is 0 Å². The minimum Gasteiger partial charge on any atom is -0.440 e. The molecule has 9 heavy (non-hydrogen) atoms. The molecule has 4 nitrogen and oxygen atoms in total. The summed E-state index contributed by atoms with van der Waals surface area (Å²) in [5.41, 5.74) is 4.75. The Morgan fingerprint density at radius 1 is 1.89 bits per heavy atom. The number of hydrogen-bond acceptors (Lipinski definition) is 3. The standard InChI is InChI=1S/C5H8N2O2/c6-5(8)9-4-1-2-7-3-4/h3-4H,1-2H2,(H2,6,8). The molecule has 1 aliphatic heterocycles. The van der Waals surface area contributed by atoms with Crippen molar-refractivity contribution in [2.45, 2.75) is 12.5 Å². The van der Waals surface area contributed by atoms with Crippen LogP contribution >= 0.6 is 0 Å². The van der Waals surface area contributed by atoms with Crippen LogP contribution < -0.4 is 5.73 Å². The SMILES string of the molecule is NC(=O)OC1C=NCC1. The second-order valence-corrected chi connectivity index (χ2v) is 1.82. The maximum atomic E-state index is 10.1. The highest BCUT2D eigenvalue weighted by atomic mass is 16.6. The normalized spacial score (nSPS) is 24.2. The van der Waals surface area contributed by atoms with Crippen molar-refractivity contribution in [3.63, 3.8) is 0 Å². The van der Waals surface area contributed by atoms with Crippen LogP contribution in [0.1, 0.15) is 6.42 Å². The van der Waals surface area contributed by atoms with Crippen LogP contribution in [-0.2, 0) is 4.74 Å². The highest BCUT2D eigenvalue weighted by molar-refractivity contribution is 5.72. The van der Waals surface area contributed by atoms with Crippen molar-refractivity contribution in [1.29, 1.82) is 0 Å². The molecule has 1 heterocycles. The Morgan fingerprint density at radius 3 is 3.11 bits per heavy atom. The molecule has 0 aromatic carbocycles. The fourth-order valence-corrected chi connectivity index (χ4v) is 0.707. The largest absolute Gasteiger partial charge is 0.440 e. The molecule has 0 saturated carbocycles. The zero-order valence-electron chi connectivity index (χ0n) is 4.91. The van der Waals surface area contributed by atoms with E-state index in [1.165, 1.54) is 0 Å². The lowest BCUT2D eigenvalue weighted by Gasteiger charge is -2.03. The second kappa shape index (κ2) is 2.48. The Hall–Kier alpha value is -1.06. The van der Waals surface area contributed by atoms with Crippen molar-refractivity contribution in [2.24, 2.45) is 10.7 Å². The van der Waals surface area contributed by atoms with Crippen molar-refractivity contribution in [3.05, 3.63) is 0 Å². The summed E-state index contributed by atoms with van der Waals surface area (Å²) in [5.74, 6) is 0. The Morgan fingerprint density at radius 2 is 2.67 bits per heavy atom. The van der Waals surface area contributed by atoms with Crippen LogP contribution in [0.25, 0.3) is 0 Å². The van der Waals surface area contributed by atoms with E-state index >= 15 is 0 Å². The molecule has 1 aliphatic rings. The van der Waals surface area contributed by atoms with Crippen LogP contribution in [0, 0.1) is 0 Å². The van der Waals surface area contributed by atoms with Crippen LogP contribution in [0.15, 0.2) is 4.99 Å². The summed E-state index contributed by atoms with van der Waals surface area (Å²) in [6.07, 6.45) is 1.46. The molecule has 0 spiro atoms. The molecule has 0 aromatic rings. The third-order valence-corrected chi connectivity index (χ3v) is 1.08. The first-order valence-corrected chi connectivity index (χ1v) is 2.75. The summed E-state index contributed by atoms with van der Waals surface area (Å²) in [7, 11) is 0. The maximum absolute atomic E-state index is 10.1. The van der Waals surface area contributed by atoms with E-state index in [2.05, 4.69) is 9.73 Å². The number of primary amides is 1. The third-order valence-electron chi connectivity index (χ3n) is 1.08. The van der Waals surface area contributed by atoms with Crippen LogP contribution in [-0.4, -0.2) is 25.0 Å². The maximum Gasteiger partial charge on any atom is 0.405 e.